The highest BCUT2D eigenvalue weighted by Crippen LogP contribution is 2.24. The number of quaternary nitrogens is 1. The number of hydrogen-bond acceptors (Lipinski definition) is 3. The number of carbonyl (C=O) groups is 1. The van der Waals surface area contributed by atoms with Crippen molar-refractivity contribution < 1.29 is 10.1 Å². The first-order chi connectivity index (χ1) is 12.7. The number of thiophene rings is 1. The number of benzene rings is 1. The number of carbonyl (C=O) groups excluding carboxylic acids is 1. The first kappa shape index (κ1) is 19.0. The van der Waals surface area contributed by atoms with Gasteiger partial charge in [-0.2, -0.15) is 9.78 Å². The third-order valence-corrected chi connectivity index (χ3v) is 5.66. The van der Waals surface area contributed by atoms with Crippen LogP contribution in [0.15, 0.2) is 52.3 Å². The van der Waals surface area contributed by atoms with Crippen LogP contribution in [0.4, 0.5) is 0 Å². The van der Waals surface area contributed by atoms with Gasteiger partial charge in [-0.3, -0.25) is 4.79 Å². The van der Waals surface area contributed by atoms with Crippen molar-refractivity contribution in [2.75, 3.05) is 13.6 Å². The van der Waals surface area contributed by atoms with E-state index in [1.807, 2.05) is 41.8 Å². The van der Waals surface area contributed by atoms with Gasteiger partial charge in [-0.15, -0.1) is 11.3 Å². The predicted octanol–water partition coefficient (Wildman–Crippen LogP) is 3.97. The van der Waals surface area contributed by atoms with Crippen molar-refractivity contribution in [3.8, 4) is 11.3 Å². The second kappa shape index (κ2) is 9.26. The van der Waals surface area contributed by atoms with E-state index in [9.17, 15) is 4.79 Å². The lowest BCUT2D eigenvalue weighted by Gasteiger charge is -2.04. The predicted molar refractivity (Wildman–Crippen MR) is 110 cm³/mol. The molecule has 0 amide bonds. The summed E-state index contributed by atoms with van der Waals surface area (Å²) in [6.07, 6.45) is 4.29. The third-order valence-electron chi connectivity index (χ3n) is 4.27. The second-order valence-electron chi connectivity index (χ2n) is 6.23. The van der Waals surface area contributed by atoms with Crippen LogP contribution in [0, 0.1) is 0 Å². The van der Waals surface area contributed by atoms with E-state index in [1.165, 1.54) is 17.8 Å². The molecule has 0 atom stereocenters. The number of hydrogen-bond donors (Lipinski definition) is 1. The van der Waals surface area contributed by atoms with E-state index in [0.29, 0.717) is 0 Å². The lowest BCUT2D eigenvalue weighted by molar-refractivity contribution is -0.627. The molecule has 0 bridgehead atoms. The monoisotopic (exact) mass is 432 g/mol. The summed E-state index contributed by atoms with van der Waals surface area (Å²) in [7, 11) is 2.10. The Morgan fingerprint density at radius 2 is 2.00 bits per heavy atom. The van der Waals surface area contributed by atoms with Crippen molar-refractivity contribution in [1.29, 1.82) is 0 Å². The summed E-state index contributed by atoms with van der Waals surface area (Å²) in [6.45, 7) is 1.15. The molecular weight excluding hydrogens is 410 g/mol. The minimum Gasteiger partial charge on any atom is -0.349 e. The molecule has 6 heteroatoms. The van der Waals surface area contributed by atoms with E-state index in [2.05, 4.69) is 39.5 Å². The lowest BCUT2D eigenvalue weighted by atomic mass is 10.1. The van der Waals surface area contributed by atoms with Gasteiger partial charge in [-0.05, 0) is 55.3 Å². The molecule has 1 aromatic carbocycles. The van der Waals surface area contributed by atoms with E-state index >= 15 is 0 Å². The van der Waals surface area contributed by atoms with Gasteiger partial charge in [0.05, 0.1) is 24.2 Å². The van der Waals surface area contributed by atoms with Crippen LogP contribution in [0.3, 0.4) is 0 Å². The van der Waals surface area contributed by atoms with Gasteiger partial charge in [-0.1, -0.05) is 34.1 Å². The topological polar surface area (TPSA) is 51.5 Å². The van der Waals surface area contributed by atoms with Gasteiger partial charge < -0.3 is 5.32 Å². The number of aromatic nitrogens is 2. The standard InChI is InChI=1S/C20H22BrN3OS/c1-22-12-4-2-3-6-17-14-18(15-8-10-16(21)11-9-15)23-24(17)20(25)19-7-5-13-26-19/h5,7-11,13-14,22H,2-4,6,12H2,1H3/p+1. The van der Waals surface area contributed by atoms with Crippen molar-refractivity contribution in [2.45, 2.75) is 25.7 Å². The molecule has 0 aliphatic heterocycles. The first-order valence-electron chi connectivity index (χ1n) is 8.90. The fourth-order valence-electron chi connectivity index (χ4n) is 2.87. The Labute approximate surface area is 166 Å². The molecule has 0 unspecified atom stereocenters. The quantitative estimate of drug-likeness (QED) is 0.547. The molecule has 0 spiro atoms. The van der Waals surface area contributed by atoms with E-state index in [1.54, 1.807) is 4.68 Å². The Balaban J connectivity index is 1.84. The van der Waals surface area contributed by atoms with Crippen molar-refractivity contribution in [3.05, 3.63) is 62.9 Å². The van der Waals surface area contributed by atoms with Crippen LogP contribution in [0.1, 0.15) is 34.6 Å². The summed E-state index contributed by atoms with van der Waals surface area (Å²) in [5.41, 5.74) is 2.86. The molecule has 3 aromatic rings. The summed E-state index contributed by atoms with van der Waals surface area (Å²) >= 11 is 4.92. The zero-order chi connectivity index (χ0) is 18.4. The van der Waals surface area contributed by atoms with Gasteiger partial charge in [-0.25, -0.2) is 0 Å². The number of nitrogens with zero attached hydrogens (tertiary/aromatic N) is 2. The summed E-state index contributed by atoms with van der Waals surface area (Å²) in [5, 5.41) is 8.76. The average molecular weight is 433 g/mol. The Kier molecular flexibility index (Phi) is 6.77. The normalized spacial score (nSPS) is 11.0. The van der Waals surface area contributed by atoms with Gasteiger partial charge in [0, 0.05) is 15.7 Å². The Bertz CT molecular complexity index is 841. The Morgan fingerprint density at radius 3 is 2.69 bits per heavy atom. The summed E-state index contributed by atoms with van der Waals surface area (Å²) in [6, 6.07) is 13.8. The van der Waals surface area contributed by atoms with E-state index in [-0.39, 0.29) is 5.91 Å². The minimum atomic E-state index is -0.0414. The average Bonchev–Trinajstić information content (AvgIpc) is 3.32. The summed E-state index contributed by atoms with van der Waals surface area (Å²) in [4.78, 5) is 13.6. The molecule has 3 rings (SSSR count). The summed E-state index contributed by atoms with van der Waals surface area (Å²) in [5.74, 6) is -0.0414. The van der Waals surface area contributed by atoms with Crippen LogP contribution in [0.5, 0.6) is 0 Å². The van der Waals surface area contributed by atoms with Crippen molar-refractivity contribution in [2.24, 2.45) is 0 Å². The maximum Gasteiger partial charge on any atom is 0.288 e. The SMILES string of the molecule is C[NH2+]CCCCCc1cc(-c2ccc(Br)cc2)nn1C(=O)c1cccs1. The highest BCUT2D eigenvalue weighted by Gasteiger charge is 2.17. The van der Waals surface area contributed by atoms with E-state index in [4.69, 9.17) is 0 Å². The highest BCUT2D eigenvalue weighted by atomic mass is 79.9. The number of nitrogens with two attached hydrogens (primary N) is 1. The molecular formula is C20H23BrN3OS+. The molecule has 0 saturated heterocycles. The molecule has 0 aliphatic carbocycles. The van der Waals surface area contributed by atoms with Crippen LogP contribution in [0.2, 0.25) is 0 Å². The van der Waals surface area contributed by atoms with Crippen LogP contribution in [-0.2, 0) is 6.42 Å². The molecule has 0 saturated carbocycles. The summed E-state index contributed by atoms with van der Waals surface area (Å²) < 4.78 is 2.62. The number of rotatable bonds is 8. The number of halogens is 1. The molecule has 0 radical (unpaired) electrons. The van der Waals surface area contributed by atoms with E-state index in [0.717, 1.165) is 52.1 Å². The Morgan fingerprint density at radius 1 is 1.19 bits per heavy atom. The maximum atomic E-state index is 12.9. The van der Waals surface area contributed by atoms with Crippen molar-refractivity contribution >= 4 is 33.2 Å². The molecule has 26 heavy (non-hydrogen) atoms. The van der Waals surface area contributed by atoms with Gasteiger partial charge in [0.25, 0.3) is 5.91 Å². The van der Waals surface area contributed by atoms with Crippen LogP contribution in [0.25, 0.3) is 11.3 Å². The molecule has 2 heterocycles. The Hall–Kier alpha value is -1.76. The van der Waals surface area contributed by atoms with Gasteiger partial charge in [0.1, 0.15) is 0 Å². The number of unbranched alkanes of at least 4 members (excludes halogenated alkanes) is 2. The van der Waals surface area contributed by atoms with Gasteiger partial charge in [0.15, 0.2) is 0 Å². The van der Waals surface area contributed by atoms with Crippen LogP contribution < -0.4 is 5.32 Å². The third kappa shape index (κ3) is 4.69. The maximum absolute atomic E-state index is 12.9. The second-order valence-corrected chi connectivity index (χ2v) is 8.09. The molecule has 136 valence electrons. The fourth-order valence-corrected chi connectivity index (χ4v) is 3.78. The van der Waals surface area contributed by atoms with Crippen LogP contribution in [-0.4, -0.2) is 29.3 Å². The number of aryl methyl sites for hydroxylation is 1. The molecule has 2 N–H and O–H groups in total. The first-order valence-corrected chi connectivity index (χ1v) is 10.6. The zero-order valence-corrected chi connectivity index (χ0v) is 17.2. The van der Waals surface area contributed by atoms with Gasteiger partial charge in [0.2, 0.25) is 0 Å². The largest absolute Gasteiger partial charge is 0.349 e. The van der Waals surface area contributed by atoms with Gasteiger partial charge >= 0.3 is 0 Å². The lowest BCUT2D eigenvalue weighted by Crippen LogP contribution is -2.79. The molecule has 0 aliphatic rings. The highest BCUT2D eigenvalue weighted by molar-refractivity contribution is 9.10. The molecule has 0 fully saturated rings. The molecule has 4 nitrogen and oxygen atoms in total. The smallest absolute Gasteiger partial charge is 0.288 e. The minimum absolute atomic E-state index is 0.0414. The zero-order valence-electron chi connectivity index (χ0n) is 14.8. The van der Waals surface area contributed by atoms with Crippen molar-refractivity contribution in [3.63, 3.8) is 0 Å². The van der Waals surface area contributed by atoms with Crippen LogP contribution >= 0.6 is 27.3 Å². The molecule has 2 aromatic heterocycles. The fraction of sp³-hybridized carbons (Fsp3) is 0.300. The van der Waals surface area contributed by atoms with E-state index < -0.39 is 0 Å². The van der Waals surface area contributed by atoms with Crippen molar-refractivity contribution in [1.82, 2.24) is 9.78 Å².